The normalized spacial score (nSPS) is 10.8. The van der Waals surface area contributed by atoms with Gasteiger partial charge in [0.05, 0.1) is 0 Å². The van der Waals surface area contributed by atoms with Crippen molar-refractivity contribution in [3.05, 3.63) is 133 Å². The fourth-order valence-electron chi connectivity index (χ4n) is 3.12. The highest BCUT2D eigenvalue weighted by Gasteiger charge is 2.24. The molecule has 0 saturated heterocycles. The summed E-state index contributed by atoms with van der Waals surface area (Å²) < 4.78 is 6.69. The van der Waals surface area contributed by atoms with E-state index in [1.54, 1.807) is 0 Å². The molecule has 1 nitrogen and oxygen atoms in total. The molecule has 3 heteroatoms. The molecule has 0 amide bonds. The Morgan fingerprint density at radius 3 is 1.14 bits per heavy atom. The van der Waals surface area contributed by atoms with Gasteiger partial charge in [-0.25, -0.2) is 0 Å². The van der Waals surface area contributed by atoms with Crippen LogP contribution in [0.1, 0.15) is 0 Å². The maximum absolute atomic E-state index is 6.69. The topological polar surface area (TPSA) is 9.23 Å². The third-order valence-electron chi connectivity index (χ3n) is 4.46. The van der Waals surface area contributed by atoms with Crippen molar-refractivity contribution in [2.75, 3.05) is 0 Å². The summed E-state index contributed by atoms with van der Waals surface area (Å²) in [7, 11) is -1.81. The summed E-state index contributed by atoms with van der Waals surface area (Å²) in [5.74, 6) is 0. The number of benzene rings is 4. The fourth-order valence-corrected chi connectivity index (χ4v) is 7.11. The van der Waals surface area contributed by atoms with Crippen molar-refractivity contribution in [2.24, 2.45) is 0 Å². The minimum Gasteiger partial charge on any atom is -0.464 e. The molecule has 0 aliphatic rings. The average Bonchev–Trinajstić information content (AvgIpc) is 2.80. The fraction of sp³-hybridized carbons (Fsp3) is 0. The highest BCUT2D eigenvalue weighted by molar-refractivity contribution is 7.77. The van der Waals surface area contributed by atoms with Crippen LogP contribution < -0.4 is 21.2 Å². The lowest BCUT2D eigenvalue weighted by atomic mass is 10.4. The smallest absolute Gasteiger partial charge is 0.150 e. The minimum atomic E-state index is -0.987. The van der Waals surface area contributed by atoms with Crippen molar-refractivity contribution in [1.29, 1.82) is 0 Å². The van der Waals surface area contributed by atoms with Crippen molar-refractivity contribution in [2.45, 2.75) is 0 Å². The van der Waals surface area contributed by atoms with Crippen LogP contribution >= 0.6 is 16.1 Å². The van der Waals surface area contributed by atoms with Gasteiger partial charge in [0, 0.05) is 18.5 Å². The van der Waals surface area contributed by atoms with Crippen LogP contribution in [0.5, 0.6) is 0 Å². The Bertz CT molecular complexity index is 956. The van der Waals surface area contributed by atoms with Crippen LogP contribution in [0.3, 0.4) is 0 Å². The third kappa shape index (κ3) is 4.83. The van der Waals surface area contributed by atoms with Gasteiger partial charge < -0.3 is 4.52 Å². The van der Waals surface area contributed by atoms with Crippen molar-refractivity contribution >= 4 is 37.3 Å². The molecule has 0 aliphatic heterocycles. The second-order valence-electron chi connectivity index (χ2n) is 6.46. The molecule has 0 fully saturated rings. The Morgan fingerprint density at radius 1 is 0.483 bits per heavy atom. The summed E-state index contributed by atoms with van der Waals surface area (Å²) in [5.41, 5.74) is 0.830. The molecule has 4 aromatic rings. The largest absolute Gasteiger partial charge is 0.464 e. The SMILES string of the molecule is C=C(OP(c1ccccc1)c1ccccc1)P(c1ccccc1)c1ccccc1. The Labute approximate surface area is 175 Å². The first-order valence-electron chi connectivity index (χ1n) is 9.50. The monoisotopic (exact) mass is 412 g/mol. The summed E-state index contributed by atoms with van der Waals surface area (Å²) in [5, 5.41) is 4.86. The second kappa shape index (κ2) is 9.66. The molecule has 4 rings (SSSR count). The molecule has 0 aromatic heterocycles. The van der Waals surface area contributed by atoms with E-state index < -0.39 is 16.1 Å². The zero-order valence-corrected chi connectivity index (χ0v) is 17.8. The second-order valence-corrected chi connectivity index (χ2v) is 10.5. The first-order valence-corrected chi connectivity index (χ1v) is 12.1. The third-order valence-corrected chi connectivity index (χ3v) is 8.76. The van der Waals surface area contributed by atoms with Gasteiger partial charge in [-0.15, -0.1) is 0 Å². The van der Waals surface area contributed by atoms with Crippen LogP contribution in [0.2, 0.25) is 0 Å². The molecule has 0 heterocycles. The molecule has 0 aliphatic carbocycles. The number of rotatable bonds is 7. The first-order chi connectivity index (χ1) is 14.3. The van der Waals surface area contributed by atoms with Gasteiger partial charge >= 0.3 is 0 Å². The lowest BCUT2D eigenvalue weighted by molar-refractivity contribution is 0.532. The molecular weight excluding hydrogens is 390 g/mol. The van der Waals surface area contributed by atoms with E-state index in [0.717, 1.165) is 5.50 Å². The Kier molecular flexibility index (Phi) is 6.52. The summed E-state index contributed by atoms with van der Waals surface area (Å²) >= 11 is 0. The maximum Gasteiger partial charge on any atom is 0.150 e. The molecular formula is C26H22OP2. The van der Waals surface area contributed by atoms with Crippen LogP contribution in [0, 0.1) is 0 Å². The van der Waals surface area contributed by atoms with Gasteiger partial charge in [-0.3, -0.25) is 0 Å². The minimum absolute atomic E-state index is 0.826. The van der Waals surface area contributed by atoms with E-state index in [9.17, 15) is 0 Å². The van der Waals surface area contributed by atoms with E-state index in [1.807, 2.05) is 24.3 Å². The standard InChI is InChI=1S/C26H22OP2/c1-22(28(23-14-6-2-7-15-23)24-16-8-3-9-17-24)27-29(25-18-10-4-11-19-25)26-20-12-5-13-21-26/h2-21H,1H2. The molecule has 0 saturated carbocycles. The van der Waals surface area contributed by atoms with Crippen LogP contribution in [-0.4, -0.2) is 0 Å². The molecule has 142 valence electrons. The van der Waals surface area contributed by atoms with Crippen LogP contribution in [0.15, 0.2) is 133 Å². The molecule has 0 unspecified atom stereocenters. The van der Waals surface area contributed by atoms with Gasteiger partial charge in [-0.2, -0.15) is 0 Å². The Balaban J connectivity index is 1.71. The molecule has 4 aromatic carbocycles. The highest BCUT2D eigenvalue weighted by Crippen LogP contribution is 2.49. The molecule has 29 heavy (non-hydrogen) atoms. The van der Waals surface area contributed by atoms with E-state index >= 15 is 0 Å². The average molecular weight is 412 g/mol. The molecule has 0 bridgehead atoms. The van der Waals surface area contributed by atoms with Crippen LogP contribution in [0.25, 0.3) is 0 Å². The van der Waals surface area contributed by atoms with Crippen molar-refractivity contribution < 1.29 is 4.52 Å². The molecule has 0 spiro atoms. The Morgan fingerprint density at radius 2 is 0.793 bits per heavy atom. The Hall–Kier alpha value is -2.72. The lowest BCUT2D eigenvalue weighted by Crippen LogP contribution is -2.17. The summed E-state index contributed by atoms with van der Waals surface area (Å²) in [6.07, 6.45) is 0. The summed E-state index contributed by atoms with van der Waals surface area (Å²) in [4.78, 5) is 0. The zero-order chi connectivity index (χ0) is 19.9. The predicted octanol–water partition coefficient (Wildman–Crippen LogP) is 5.66. The van der Waals surface area contributed by atoms with E-state index in [-0.39, 0.29) is 0 Å². The molecule has 0 N–H and O–H groups in total. The van der Waals surface area contributed by atoms with Gasteiger partial charge in [-0.05, 0) is 10.6 Å². The predicted molar refractivity (Wildman–Crippen MR) is 128 cm³/mol. The maximum atomic E-state index is 6.69. The van der Waals surface area contributed by atoms with E-state index in [1.165, 1.54) is 21.2 Å². The highest BCUT2D eigenvalue weighted by atomic mass is 31.1. The van der Waals surface area contributed by atoms with Crippen molar-refractivity contribution in [1.82, 2.24) is 0 Å². The van der Waals surface area contributed by atoms with Crippen LogP contribution in [0.4, 0.5) is 0 Å². The van der Waals surface area contributed by atoms with Crippen LogP contribution in [-0.2, 0) is 4.52 Å². The molecule has 0 atom stereocenters. The number of hydrogen-bond donors (Lipinski definition) is 0. The van der Waals surface area contributed by atoms with Crippen molar-refractivity contribution in [3.63, 3.8) is 0 Å². The van der Waals surface area contributed by atoms with E-state index in [0.29, 0.717) is 0 Å². The van der Waals surface area contributed by atoms with E-state index in [2.05, 4.69) is 104 Å². The van der Waals surface area contributed by atoms with Gasteiger partial charge in [0.1, 0.15) is 5.50 Å². The summed E-state index contributed by atoms with van der Waals surface area (Å²) in [6, 6.07) is 42.0. The first kappa shape index (κ1) is 19.6. The van der Waals surface area contributed by atoms with Gasteiger partial charge in [-0.1, -0.05) is 128 Å². The quantitative estimate of drug-likeness (QED) is 0.281. The van der Waals surface area contributed by atoms with Gasteiger partial charge in [0.15, 0.2) is 8.15 Å². The van der Waals surface area contributed by atoms with Crippen molar-refractivity contribution in [3.8, 4) is 0 Å². The lowest BCUT2D eigenvalue weighted by Gasteiger charge is -2.26. The van der Waals surface area contributed by atoms with Gasteiger partial charge in [0.25, 0.3) is 0 Å². The zero-order valence-electron chi connectivity index (χ0n) is 16.1. The van der Waals surface area contributed by atoms with Gasteiger partial charge in [0.2, 0.25) is 0 Å². The van der Waals surface area contributed by atoms with E-state index in [4.69, 9.17) is 4.52 Å². The number of hydrogen-bond acceptors (Lipinski definition) is 1. The molecule has 0 radical (unpaired) electrons. The summed E-state index contributed by atoms with van der Waals surface area (Å²) in [6.45, 7) is 4.42.